The molecular weight excluding hydrogens is 275 g/mol. The monoisotopic (exact) mass is 284 g/mol. The summed E-state index contributed by atoms with van der Waals surface area (Å²) in [6.45, 7) is 0. The predicted molar refractivity (Wildman–Crippen MR) is 70.7 cm³/mol. The fourth-order valence-corrected chi connectivity index (χ4v) is 1.73. The smallest absolute Gasteiger partial charge is 0.215 e. The number of hydrogen-bond donors (Lipinski definition) is 2. The molecule has 5 nitrogen and oxygen atoms in total. The molecule has 2 aromatic rings. The van der Waals surface area contributed by atoms with Gasteiger partial charge in [0.05, 0.1) is 13.3 Å². The molecule has 0 spiro atoms. The lowest BCUT2D eigenvalue weighted by Crippen LogP contribution is -1.93. The highest BCUT2D eigenvalue weighted by molar-refractivity contribution is 7.72. The molecule has 0 aliphatic carbocycles. The second-order valence-electron chi connectivity index (χ2n) is 3.31. The topological polar surface area (TPSA) is 58.1 Å². The maximum atomic E-state index is 13.4. The van der Waals surface area contributed by atoms with E-state index in [0.717, 1.165) is 0 Å². The number of ether oxygens (including phenoxy) is 1. The second kappa shape index (κ2) is 5.23. The molecular formula is C10H9FN4OS2. The van der Waals surface area contributed by atoms with E-state index in [4.69, 9.17) is 29.2 Å². The molecule has 0 radical (unpaired) electrons. The molecule has 0 unspecified atom stereocenters. The Morgan fingerprint density at radius 3 is 2.56 bits per heavy atom. The van der Waals surface area contributed by atoms with Crippen molar-refractivity contribution >= 4 is 30.7 Å². The van der Waals surface area contributed by atoms with Gasteiger partial charge in [0, 0.05) is 0 Å². The zero-order chi connectivity index (χ0) is 13.1. The first kappa shape index (κ1) is 12.7. The number of hydrogen-bond acceptors (Lipinski definition) is 4. The average molecular weight is 284 g/mol. The number of rotatable bonds is 3. The number of H-pyrrole nitrogens is 2. The van der Waals surface area contributed by atoms with Gasteiger partial charge in [-0.25, -0.2) is 4.39 Å². The normalized spacial score (nSPS) is 11.0. The lowest BCUT2D eigenvalue weighted by molar-refractivity contribution is 0.386. The lowest BCUT2D eigenvalue weighted by atomic mass is 10.2. The summed E-state index contributed by atoms with van der Waals surface area (Å²) in [7, 11) is 1.41. The van der Waals surface area contributed by atoms with Crippen molar-refractivity contribution in [1.29, 1.82) is 0 Å². The molecule has 2 N–H and O–H groups in total. The molecule has 0 bridgehead atoms. The summed E-state index contributed by atoms with van der Waals surface area (Å²) in [4.78, 5) is 0. The molecule has 94 valence electrons. The minimum absolute atomic E-state index is 0.183. The molecule has 1 heterocycles. The van der Waals surface area contributed by atoms with Gasteiger partial charge in [-0.05, 0) is 48.2 Å². The Morgan fingerprint density at radius 2 is 2.00 bits per heavy atom. The first-order valence-corrected chi connectivity index (χ1v) is 5.71. The Balaban J connectivity index is 2.32. The molecule has 0 aliphatic heterocycles. The Hall–Kier alpha value is -1.80. The number of methoxy groups -OCH3 is 1. The molecule has 0 amide bonds. The van der Waals surface area contributed by atoms with Crippen molar-refractivity contribution in [2.75, 3.05) is 7.11 Å². The van der Waals surface area contributed by atoms with Crippen molar-refractivity contribution in [1.82, 2.24) is 14.9 Å². The predicted octanol–water partition coefficient (Wildman–Crippen LogP) is 2.63. The number of nitrogens with zero attached hydrogens (tertiary/aromatic N) is 2. The summed E-state index contributed by atoms with van der Waals surface area (Å²) in [5.41, 5.74) is 0.575. The zero-order valence-corrected chi connectivity index (χ0v) is 10.9. The molecule has 0 saturated heterocycles. The molecule has 1 aromatic carbocycles. The van der Waals surface area contributed by atoms with Crippen LogP contribution in [0.1, 0.15) is 5.56 Å². The van der Waals surface area contributed by atoms with Crippen LogP contribution in [-0.4, -0.2) is 28.2 Å². The van der Waals surface area contributed by atoms with E-state index < -0.39 is 5.82 Å². The van der Waals surface area contributed by atoms with Crippen LogP contribution in [0, 0.1) is 15.4 Å². The van der Waals surface area contributed by atoms with Crippen LogP contribution in [-0.2, 0) is 0 Å². The number of benzene rings is 1. The van der Waals surface area contributed by atoms with Crippen LogP contribution in [0.2, 0.25) is 0 Å². The number of aromatic amines is 2. The molecule has 0 saturated carbocycles. The highest BCUT2D eigenvalue weighted by Gasteiger charge is 2.02. The number of aromatic nitrogens is 3. The third-order valence-electron chi connectivity index (χ3n) is 2.16. The minimum atomic E-state index is -0.454. The minimum Gasteiger partial charge on any atom is -0.494 e. The molecule has 2 rings (SSSR count). The number of nitrogens with one attached hydrogen (secondary N) is 2. The third-order valence-corrected chi connectivity index (χ3v) is 2.71. The molecule has 1 aromatic heterocycles. The van der Waals surface area contributed by atoms with Gasteiger partial charge in [0.2, 0.25) is 9.54 Å². The Morgan fingerprint density at radius 1 is 1.33 bits per heavy atom. The molecule has 0 atom stereocenters. The van der Waals surface area contributed by atoms with Gasteiger partial charge in [-0.2, -0.15) is 9.78 Å². The van der Waals surface area contributed by atoms with E-state index in [1.807, 2.05) is 0 Å². The van der Waals surface area contributed by atoms with Gasteiger partial charge in [0.15, 0.2) is 11.6 Å². The van der Waals surface area contributed by atoms with Crippen LogP contribution in [0.5, 0.6) is 5.75 Å². The van der Waals surface area contributed by atoms with Crippen molar-refractivity contribution in [2.45, 2.75) is 0 Å². The summed E-state index contributed by atoms with van der Waals surface area (Å²) < 4.78 is 20.3. The van der Waals surface area contributed by atoms with E-state index in [-0.39, 0.29) is 5.75 Å². The summed E-state index contributed by atoms with van der Waals surface area (Å²) >= 11 is 9.91. The van der Waals surface area contributed by atoms with Crippen LogP contribution in [0.4, 0.5) is 4.39 Å². The van der Waals surface area contributed by atoms with Crippen LogP contribution in [0.3, 0.4) is 0 Å². The summed E-state index contributed by atoms with van der Waals surface area (Å²) in [6.07, 6.45) is 1.45. The van der Waals surface area contributed by atoms with Gasteiger partial charge in [0.1, 0.15) is 0 Å². The van der Waals surface area contributed by atoms with Crippen LogP contribution in [0.25, 0.3) is 0 Å². The van der Waals surface area contributed by atoms with Crippen molar-refractivity contribution in [3.8, 4) is 5.75 Å². The maximum absolute atomic E-state index is 13.4. The van der Waals surface area contributed by atoms with Gasteiger partial charge in [0.25, 0.3) is 0 Å². The largest absolute Gasteiger partial charge is 0.494 e. The van der Waals surface area contributed by atoms with E-state index in [9.17, 15) is 4.39 Å². The number of halogens is 1. The van der Waals surface area contributed by atoms with Crippen molar-refractivity contribution in [3.05, 3.63) is 39.1 Å². The van der Waals surface area contributed by atoms with E-state index in [1.54, 1.807) is 6.07 Å². The van der Waals surface area contributed by atoms with Gasteiger partial charge < -0.3 is 4.74 Å². The second-order valence-corrected chi connectivity index (χ2v) is 4.08. The van der Waals surface area contributed by atoms with Crippen LogP contribution >= 0.6 is 24.4 Å². The van der Waals surface area contributed by atoms with Crippen LogP contribution < -0.4 is 4.74 Å². The Labute approximate surface area is 112 Å². The third kappa shape index (κ3) is 2.54. The van der Waals surface area contributed by atoms with E-state index in [2.05, 4.69) is 15.3 Å². The Kier molecular flexibility index (Phi) is 3.68. The zero-order valence-electron chi connectivity index (χ0n) is 9.31. The van der Waals surface area contributed by atoms with Gasteiger partial charge in [-0.15, -0.1) is 0 Å². The lowest BCUT2D eigenvalue weighted by Gasteiger charge is -2.01. The fourth-order valence-electron chi connectivity index (χ4n) is 1.30. The van der Waals surface area contributed by atoms with Gasteiger partial charge in [-0.3, -0.25) is 10.2 Å². The first-order valence-electron chi connectivity index (χ1n) is 4.89. The fraction of sp³-hybridized carbons (Fsp3) is 0.100. The van der Waals surface area contributed by atoms with Crippen molar-refractivity contribution < 1.29 is 9.13 Å². The summed E-state index contributed by atoms with van der Waals surface area (Å²) in [5, 5.41) is 9.33. The quantitative estimate of drug-likeness (QED) is 0.673. The van der Waals surface area contributed by atoms with Gasteiger partial charge >= 0.3 is 0 Å². The average Bonchev–Trinajstić information content (AvgIpc) is 2.67. The standard InChI is InChI=1S/C10H9FN4OS2/c1-16-8-3-2-6(4-7(8)11)5-12-15-9(17)13-14-10(15)18/h2-5H,1H3,(H,13,17)(H,14,18)/b12-5-. The highest BCUT2D eigenvalue weighted by Crippen LogP contribution is 2.16. The molecule has 0 aliphatic rings. The highest BCUT2D eigenvalue weighted by atomic mass is 32.1. The Bertz CT molecular complexity index is 673. The van der Waals surface area contributed by atoms with E-state index in [0.29, 0.717) is 15.1 Å². The van der Waals surface area contributed by atoms with Crippen molar-refractivity contribution in [2.24, 2.45) is 5.10 Å². The van der Waals surface area contributed by atoms with Crippen LogP contribution in [0.15, 0.2) is 23.3 Å². The van der Waals surface area contributed by atoms with E-state index in [1.165, 1.54) is 30.1 Å². The SMILES string of the molecule is COc1ccc(/C=N\n2c(=S)[nH][nH]c2=S)cc1F. The maximum Gasteiger partial charge on any atom is 0.215 e. The van der Waals surface area contributed by atoms with Gasteiger partial charge in [-0.1, -0.05) is 0 Å². The summed E-state index contributed by atoms with van der Waals surface area (Å²) in [5.74, 6) is -0.271. The van der Waals surface area contributed by atoms with E-state index >= 15 is 0 Å². The van der Waals surface area contributed by atoms with Crippen molar-refractivity contribution in [3.63, 3.8) is 0 Å². The first-order chi connectivity index (χ1) is 8.61. The molecule has 0 fully saturated rings. The summed E-state index contributed by atoms with van der Waals surface area (Å²) in [6, 6.07) is 4.51. The molecule has 8 heteroatoms. The molecule has 18 heavy (non-hydrogen) atoms.